The third kappa shape index (κ3) is 3.77. The third-order valence-electron chi connectivity index (χ3n) is 3.12. The summed E-state index contributed by atoms with van der Waals surface area (Å²) in [6, 6.07) is 8.45. The van der Waals surface area contributed by atoms with Crippen molar-refractivity contribution >= 4 is 34.4 Å². The second-order valence-electron chi connectivity index (χ2n) is 4.58. The average molecular weight is 320 g/mol. The van der Waals surface area contributed by atoms with Gasteiger partial charge in [-0.05, 0) is 11.6 Å². The zero-order valence-electron chi connectivity index (χ0n) is 11.6. The number of esters is 1. The topological polar surface area (TPSA) is 95.0 Å². The summed E-state index contributed by atoms with van der Waals surface area (Å²) in [7, 11) is 0. The predicted molar refractivity (Wildman–Crippen MR) is 81.2 cm³/mol. The Hall–Kier alpha value is -2.52. The zero-order chi connectivity index (χ0) is 15.9. The van der Waals surface area contributed by atoms with Crippen molar-refractivity contribution < 1.29 is 14.3 Å². The van der Waals surface area contributed by atoms with Crippen LogP contribution in [0, 0.1) is 11.3 Å². The molecule has 1 amide bonds. The number of nitrogens with zero attached hydrogens (tertiary/aromatic N) is 1. The maximum atomic E-state index is 12.0. The van der Waals surface area contributed by atoms with Gasteiger partial charge in [0, 0.05) is 23.5 Å². The van der Waals surface area contributed by atoms with E-state index in [1.165, 1.54) is 0 Å². The Morgan fingerprint density at radius 2 is 2.18 bits per heavy atom. The van der Waals surface area contributed by atoms with Gasteiger partial charge in [-0.25, -0.2) is 4.79 Å². The van der Waals surface area contributed by atoms with Crippen LogP contribution in [-0.4, -0.2) is 35.4 Å². The summed E-state index contributed by atoms with van der Waals surface area (Å²) in [5.74, 6) is -1.39. The first-order chi connectivity index (χ1) is 10.7. The SMILES string of the molecule is N#CCOC(=O)[C@H](Cc1c[nH]c2ccccc12)NC(=O)CCl. The third-order valence-corrected chi connectivity index (χ3v) is 3.36. The smallest absolute Gasteiger partial charge is 0.330 e. The molecule has 0 aliphatic carbocycles. The predicted octanol–water partition coefficient (Wildman–Crippen LogP) is 1.50. The van der Waals surface area contributed by atoms with E-state index in [1.54, 1.807) is 12.3 Å². The minimum atomic E-state index is -0.890. The second-order valence-corrected chi connectivity index (χ2v) is 4.85. The van der Waals surface area contributed by atoms with Crippen LogP contribution < -0.4 is 5.32 Å². The Kier molecular flexibility index (Phi) is 5.39. The number of halogens is 1. The van der Waals surface area contributed by atoms with Crippen molar-refractivity contribution in [2.24, 2.45) is 0 Å². The van der Waals surface area contributed by atoms with Crippen LogP contribution in [0.2, 0.25) is 0 Å². The van der Waals surface area contributed by atoms with E-state index in [0.29, 0.717) is 0 Å². The fraction of sp³-hybridized carbons (Fsp3) is 0.267. The molecule has 0 aliphatic heterocycles. The number of aromatic amines is 1. The molecule has 2 aromatic rings. The molecular formula is C15H14ClN3O3. The first-order valence-corrected chi connectivity index (χ1v) is 7.13. The number of aromatic nitrogens is 1. The van der Waals surface area contributed by atoms with Crippen LogP contribution in [0.15, 0.2) is 30.5 Å². The monoisotopic (exact) mass is 319 g/mol. The van der Waals surface area contributed by atoms with E-state index in [4.69, 9.17) is 21.6 Å². The van der Waals surface area contributed by atoms with E-state index < -0.39 is 17.9 Å². The summed E-state index contributed by atoms with van der Waals surface area (Å²) in [5.41, 5.74) is 1.80. The number of alkyl halides is 1. The Labute approximate surface area is 132 Å². The van der Waals surface area contributed by atoms with Gasteiger partial charge in [0.2, 0.25) is 5.91 Å². The quantitative estimate of drug-likeness (QED) is 0.623. The molecule has 0 aliphatic rings. The van der Waals surface area contributed by atoms with Gasteiger partial charge in [0.25, 0.3) is 0 Å². The van der Waals surface area contributed by atoms with E-state index in [1.807, 2.05) is 24.3 Å². The molecule has 0 saturated carbocycles. The molecule has 0 bridgehead atoms. The van der Waals surface area contributed by atoms with Crippen LogP contribution in [0.1, 0.15) is 5.56 Å². The lowest BCUT2D eigenvalue weighted by Gasteiger charge is -2.16. The van der Waals surface area contributed by atoms with Gasteiger partial charge in [-0.15, -0.1) is 11.6 Å². The normalized spacial score (nSPS) is 11.6. The van der Waals surface area contributed by atoms with Crippen LogP contribution in [0.3, 0.4) is 0 Å². The lowest BCUT2D eigenvalue weighted by atomic mass is 10.0. The van der Waals surface area contributed by atoms with E-state index in [-0.39, 0.29) is 18.9 Å². The molecule has 6 nitrogen and oxygen atoms in total. The maximum absolute atomic E-state index is 12.0. The molecule has 2 rings (SSSR count). The van der Waals surface area contributed by atoms with Gasteiger partial charge in [-0.3, -0.25) is 4.79 Å². The Morgan fingerprint density at radius 3 is 2.91 bits per heavy atom. The van der Waals surface area contributed by atoms with Gasteiger partial charge in [0.1, 0.15) is 18.0 Å². The Balaban J connectivity index is 2.19. The van der Waals surface area contributed by atoms with Crippen molar-refractivity contribution in [1.29, 1.82) is 5.26 Å². The minimum Gasteiger partial charge on any atom is -0.449 e. The Morgan fingerprint density at radius 1 is 1.41 bits per heavy atom. The lowest BCUT2D eigenvalue weighted by molar-refractivity contribution is -0.146. The molecule has 7 heteroatoms. The molecule has 22 heavy (non-hydrogen) atoms. The van der Waals surface area contributed by atoms with Gasteiger partial charge < -0.3 is 15.0 Å². The molecule has 0 saturated heterocycles. The first kappa shape index (κ1) is 15.9. The first-order valence-electron chi connectivity index (χ1n) is 6.59. The second kappa shape index (κ2) is 7.48. The highest BCUT2D eigenvalue weighted by atomic mass is 35.5. The van der Waals surface area contributed by atoms with Gasteiger partial charge in [0.05, 0.1) is 0 Å². The van der Waals surface area contributed by atoms with Crippen molar-refractivity contribution in [1.82, 2.24) is 10.3 Å². The highest BCUT2D eigenvalue weighted by Gasteiger charge is 2.23. The molecule has 1 aromatic heterocycles. The fourth-order valence-corrected chi connectivity index (χ4v) is 2.23. The molecule has 0 fully saturated rings. The van der Waals surface area contributed by atoms with Crippen molar-refractivity contribution in [3.63, 3.8) is 0 Å². The molecular weight excluding hydrogens is 306 g/mol. The number of H-pyrrole nitrogens is 1. The number of amides is 1. The molecule has 1 atom stereocenters. The number of fused-ring (bicyclic) bond motifs is 1. The summed E-state index contributed by atoms with van der Waals surface area (Å²) in [5, 5.41) is 12.0. The molecule has 1 aromatic carbocycles. The van der Waals surface area contributed by atoms with E-state index in [0.717, 1.165) is 16.5 Å². The highest BCUT2D eigenvalue weighted by molar-refractivity contribution is 6.27. The van der Waals surface area contributed by atoms with Crippen molar-refractivity contribution in [2.75, 3.05) is 12.5 Å². The maximum Gasteiger partial charge on any atom is 0.330 e. The number of hydrogen-bond donors (Lipinski definition) is 2. The number of carbonyl (C=O) groups excluding carboxylic acids is 2. The molecule has 0 radical (unpaired) electrons. The fourth-order valence-electron chi connectivity index (χ4n) is 2.15. The number of benzene rings is 1. The molecule has 1 heterocycles. The van der Waals surface area contributed by atoms with Crippen LogP contribution in [-0.2, 0) is 20.7 Å². The van der Waals surface area contributed by atoms with Crippen molar-refractivity contribution in [2.45, 2.75) is 12.5 Å². The van der Waals surface area contributed by atoms with Gasteiger partial charge in [-0.1, -0.05) is 18.2 Å². The van der Waals surface area contributed by atoms with Gasteiger partial charge >= 0.3 is 5.97 Å². The molecule has 0 spiro atoms. The zero-order valence-corrected chi connectivity index (χ0v) is 12.4. The van der Waals surface area contributed by atoms with Crippen LogP contribution in [0.5, 0.6) is 0 Å². The summed E-state index contributed by atoms with van der Waals surface area (Å²) >= 11 is 5.46. The van der Waals surface area contributed by atoms with Crippen LogP contribution >= 0.6 is 11.6 Å². The van der Waals surface area contributed by atoms with Crippen LogP contribution in [0.25, 0.3) is 10.9 Å². The summed E-state index contributed by atoms with van der Waals surface area (Å²) in [4.78, 5) is 26.5. The summed E-state index contributed by atoms with van der Waals surface area (Å²) < 4.78 is 4.79. The number of rotatable bonds is 6. The summed E-state index contributed by atoms with van der Waals surface area (Å²) in [6.45, 7) is -0.361. The van der Waals surface area contributed by atoms with Crippen molar-refractivity contribution in [3.8, 4) is 6.07 Å². The average Bonchev–Trinajstić information content (AvgIpc) is 2.95. The largest absolute Gasteiger partial charge is 0.449 e. The van der Waals surface area contributed by atoms with E-state index >= 15 is 0 Å². The van der Waals surface area contributed by atoms with Crippen molar-refractivity contribution in [3.05, 3.63) is 36.0 Å². The number of para-hydroxylation sites is 1. The van der Waals surface area contributed by atoms with Gasteiger partial charge in [-0.2, -0.15) is 5.26 Å². The minimum absolute atomic E-state index is 0.247. The lowest BCUT2D eigenvalue weighted by Crippen LogP contribution is -2.44. The summed E-state index contributed by atoms with van der Waals surface area (Å²) in [6.07, 6.45) is 2.03. The number of nitrogens with one attached hydrogen (secondary N) is 2. The number of nitriles is 1. The van der Waals surface area contributed by atoms with Gasteiger partial charge in [0.15, 0.2) is 6.61 Å². The number of carbonyl (C=O) groups is 2. The molecule has 0 unspecified atom stereocenters. The number of hydrogen-bond acceptors (Lipinski definition) is 4. The van der Waals surface area contributed by atoms with E-state index in [9.17, 15) is 9.59 Å². The highest BCUT2D eigenvalue weighted by Crippen LogP contribution is 2.19. The molecule has 114 valence electrons. The number of ether oxygens (including phenoxy) is 1. The van der Waals surface area contributed by atoms with Crippen LogP contribution in [0.4, 0.5) is 0 Å². The van der Waals surface area contributed by atoms with E-state index in [2.05, 4.69) is 10.3 Å². The Bertz CT molecular complexity index is 720. The molecule has 2 N–H and O–H groups in total. The standard InChI is InChI=1S/C15H14ClN3O3/c16-8-14(20)19-13(15(21)22-6-5-17)7-10-9-18-12-4-2-1-3-11(10)12/h1-4,9,13,18H,6-8H2,(H,19,20)/t13-/m0/s1.